The maximum atomic E-state index is 12.0. The monoisotopic (exact) mass is 259 g/mol. The highest BCUT2D eigenvalue weighted by Crippen LogP contribution is 2.18. The highest BCUT2D eigenvalue weighted by atomic mass is 16.3. The molecule has 1 amide bonds. The molecule has 2 aromatic rings. The van der Waals surface area contributed by atoms with Gasteiger partial charge in [-0.2, -0.15) is 0 Å². The molecule has 0 saturated heterocycles. The topological polar surface area (TPSA) is 62.5 Å². The predicted octanol–water partition coefficient (Wildman–Crippen LogP) is 3.15. The minimum absolute atomic E-state index is 0.289. The molecule has 4 heteroatoms. The zero-order valence-electron chi connectivity index (χ0n) is 11.0. The first kappa shape index (κ1) is 13.4. The zero-order chi connectivity index (χ0) is 13.8. The number of hydrogen-bond donors (Lipinski definition) is 2. The number of aryl methyl sites for hydroxylation is 1. The number of amides is 1. The number of nitrogens with one attached hydrogen (secondary N) is 1. The number of carbonyl (C=O) groups is 1. The van der Waals surface area contributed by atoms with Crippen LogP contribution in [0.15, 0.2) is 40.8 Å². The van der Waals surface area contributed by atoms with E-state index in [1.165, 1.54) is 0 Å². The Morgan fingerprint density at radius 3 is 2.79 bits per heavy atom. The average Bonchev–Trinajstić information content (AvgIpc) is 2.88. The zero-order valence-corrected chi connectivity index (χ0v) is 11.0. The molecule has 1 aromatic heterocycles. The first-order valence-electron chi connectivity index (χ1n) is 6.28. The van der Waals surface area contributed by atoms with Crippen LogP contribution in [0.2, 0.25) is 0 Å². The van der Waals surface area contributed by atoms with E-state index in [9.17, 15) is 9.90 Å². The van der Waals surface area contributed by atoms with Gasteiger partial charge in [0.15, 0.2) is 5.76 Å². The van der Waals surface area contributed by atoms with Gasteiger partial charge in [0.1, 0.15) is 5.76 Å². The molecule has 0 aliphatic rings. The molecule has 0 aliphatic heterocycles. The number of furan rings is 1. The number of benzene rings is 1. The largest absolute Gasteiger partial charge is 0.456 e. The average molecular weight is 259 g/mol. The fourth-order valence-corrected chi connectivity index (χ4v) is 1.76. The fourth-order valence-electron chi connectivity index (χ4n) is 1.76. The summed E-state index contributed by atoms with van der Waals surface area (Å²) in [5.74, 6) is 0.782. The van der Waals surface area contributed by atoms with E-state index < -0.39 is 6.10 Å². The second-order valence-electron chi connectivity index (χ2n) is 4.38. The van der Waals surface area contributed by atoms with Gasteiger partial charge in [0.05, 0.1) is 6.10 Å². The number of aliphatic hydroxyl groups excluding tert-OH is 1. The smallest absolute Gasteiger partial charge is 0.291 e. The van der Waals surface area contributed by atoms with Crippen LogP contribution in [0.4, 0.5) is 5.69 Å². The summed E-state index contributed by atoms with van der Waals surface area (Å²) in [6.07, 6.45) is 0.192. The van der Waals surface area contributed by atoms with E-state index in [4.69, 9.17) is 4.42 Å². The van der Waals surface area contributed by atoms with Crippen molar-refractivity contribution in [2.45, 2.75) is 26.4 Å². The van der Waals surface area contributed by atoms with E-state index in [2.05, 4.69) is 5.32 Å². The van der Waals surface area contributed by atoms with Crippen molar-refractivity contribution in [3.63, 3.8) is 0 Å². The molecule has 0 spiro atoms. The van der Waals surface area contributed by atoms with Gasteiger partial charge in [-0.1, -0.05) is 19.1 Å². The third kappa shape index (κ3) is 3.23. The molecule has 4 nitrogen and oxygen atoms in total. The van der Waals surface area contributed by atoms with E-state index in [0.29, 0.717) is 11.4 Å². The second kappa shape index (κ2) is 5.71. The van der Waals surface area contributed by atoms with Crippen molar-refractivity contribution in [3.05, 3.63) is 53.5 Å². The van der Waals surface area contributed by atoms with Gasteiger partial charge < -0.3 is 14.8 Å². The van der Waals surface area contributed by atoms with E-state index in [0.717, 1.165) is 17.7 Å². The van der Waals surface area contributed by atoms with Crippen LogP contribution in [0.3, 0.4) is 0 Å². The Hall–Kier alpha value is -2.07. The molecule has 0 radical (unpaired) electrons. The Morgan fingerprint density at radius 2 is 2.16 bits per heavy atom. The lowest BCUT2D eigenvalue weighted by Gasteiger charge is -2.08. The SMILES string of the molecule is CCc1ccc(C(=O)Nc2cccc(C(C)O)c2)o1. The molecule has 0 aliphatic carbocycles. The minimum atomic E-state index is -0.563. The molecule has 0 bridgehead atoms. The first-order valence-corrected chi connectivity index (χ1v) is 6.28. The summed E-state index contributed by atoms with van der Waals surface area (Å²) >= 11 is 0. The molecule has 1 heterocycles. The van der Waals surface area contributed by atoms with E-state index >= 15 is 0 Å². The highest BCUT2D eigenvalue weighted by molar-refractivity contribution is 6.02. The third-order valence-corrected chi connectivity index (χ3v) is 2.86. The summed E-state index contributed by atoms with van der Waals surface area (Å²) in [7, 11) is 0. The van der Waals surface area contributed by atoms with Crippen LogP contribution in [0, 0.1) is 0 Å². The highest BCUT2D eigenvalue weighted by Gasteiger charge is 2.11. The molecule has 1 atom stereocenters. The lowest BCUT2D eigenvalue weighted by Crippen LogP contribution is -2.11. The van der Waals surface area contributed by atoms with Crippen LogP contribution in [0.25, 0.3) is 0 Å². The molecule has 1 unspecified atom stereocenters. The maximum Gasteiger partial charge on any atom is 0.291 e. The lowest BCUT2D eigenvalue weighted by molar-refractivity contribution is 0.0995. The van der Waals surface area contributed by atoms with Gasteiger partial charge in [-0.25, -0.2) is 0 Å². The summed E-state index contributed by atoms with van der Waals surface area (Å²) < 4.78 is 5.38. The molecule has 0 fully saturated rings. The first-order chi connectivity index (χ1) is 9.10. The molecule has 2 rings (SSSR count). The van der Waals surface area contributed by atoms with Crippen molar-refractivity contribution in [2.24, 2.45) is 0 Å². The molecule has 19 heavy (non-hydrogen) atoms. The minimum Gasteiger partial charge on any atom is -0.456 e. The number of rotatable bonds is 4. The van der Waals surface area contributed by atoms with Crippen LogP contribution in [-0.2, 0) is 6.42 Å². The molecule has 100 valence electrons. The standard InChI is InChI=1S/C15H17NO3/c1-3-13-7-8-14(19-13)15(18)16-12-6-4-5-11(9-12)10(2)17/h4-10,17H,3H2,1-2H3,(H,16,18). The van der Waals surface area contributed by atoms with Gasteiger partial charge in [-0.15, -0.1) is 0 Å². The molecule has 2 N–H and O–H groups in total. The summed E-state index contributed by atoms with van der Waals surface area (Å²) in [4.78, 5) is 12.0. The number of hydrogen-bond acceptors (Lipinski definition) is 3. The summed E-state index contributed by atoms with van der Waals surface area (Å²) in [5.41, 5.74) is 1.39. The van der Waals surface area contributed by atoms with Crippen molar-refractivity contribution in [1.29, 1.82) is 0 Å². The summed E-state index contributed by atoms with van der Waals surface area (Å²) in [6.45, 7) is 3.65. The van der Waals surface area contributed by atoms with Crippen LogP contribution < -0.4 is 5.32 Å². The predicted molar refractivity (Wildman–Crippen MR) is 73.1 cm³/mol. The van der Waals surface area contributed by atoms with Crippen LogP contribution in [0.1, 0.15) is 41.8 Å². The van der Waals surface area contributed by atoms with Crippen molar-refractivity contribution in [1.82, 2.24) is 0 Å². The number of anilines is 1. The van der Waals surface area contributed by atoms with Crippen LogP contribution in [-0.4, -0.2) is 11.0 Å². The normalized spacial score (nSPS) is 12.2. The molecular formula is C15H17NO3. The third-order valence-electron chi connectivity index (χ3n) is 2.86. The Bertz CT molecular complexity index is 572. The van der Waals surface area contributed by atoms with Crippen molar-refractivity contribution in [2.75, 3.05) is 5.32 Å². The Balaban J connectivity index is 2.12. The quantitative estimate of drug-likeness (QED) is 0.886. The lowest BCUT2D eigenvalue weighted by atomic mass is 10.1. The van der Waals surface area contributed by atoms with Crippen LogP contribution in [0.5, 0.6) is 0 Å². The van der Waals surface area contributed by atoms with Gasteiger partial charge in [0, 0.05) is 12.1 Å². The fraction of sp³-hybridized carbons (Fsp3) is 0.267. The van der Waals surface area contributed by atoms with Crippen LogP contribution >= 0.6 is 0 Å². The van der Waals surface area contributed by atoms with Gasteiger partial charge in [-0.05, 0) is 36.8 Å². The molecule has 1 aromatic carbocycles. The Labute approximate surface area is 112 Å². The molecular weight excluding hydrogens is 242 g/mol. The van der Waals surface area contributed by atoms with Gasteiger partial charge in [-0.3, -0.25) is 4.79 Å². The Morgan fingerprint density at radius 1 is 1.37 bits per heavy atom. The van der Waals surface area contributed by atoms with Gasteiger partial charge in [0.25, 0.3) is 5.91 Å². The second-order valence-corrected chi connectivity index (χ2v) is 4.38. The van der Waals surface area contributed by atoms with E-state index in [1.54, 1.807) is 37.3 Å². The van der Waals surface area contributed by atoms with Gasteiger partial charge in [0.2, 0.25) is 0 Å². The summed E-state index contributed by atoms with van der Waals surface area (Å²) in [5, 5.41) is 12.3. The molecule has 0 saturated carbocycles. The van der Waals surface area contributed by atoms with E-state index in [-0.39, 0.29) is 5.91 Å². The van der Waals surface area contributed by atoms with Gasteiger partial charge >= 0.3 is 0 Å². The number of carbonyl (C=O) groups excluding carboxylic acids is 1. The Kier molecular flexibility index (Phi) is 4.02. The van der Waals surface area contributed by atoms with Crippen molar-refractivity contribution < 1.29 is 14.3 Å². The van der Waals surface area contributed by atoms with E-state index in [1.807, 2.05) is 13.0 Å². The van der Waals surface area contributed by atoms with Crippen molar-refractivity contribution in [3.8, 4) is 0 Å². The van der Waals surface area contributed by atoms with Crippen molar-refractivity contribution >= 4 is 11.6 Å². The summed E-state index contributed by atoms with van der Waals surface area (Å²) in [6, 6.07) is 10.6. The maximum absolute atomic E-state index is 12.0. The number of aliphatic hydroxyl groups is 1.